The number of hydrogen-bond acceptors (Lipinski definition) is 3. The summed E-state index contributed by atoms with van der Waals surface area (Å²) >= 11 is 0. The fourth-order valence-electron chi connectivity index (χ4n) is 1.01. The van der Waals surface area contributed by atoms with E-state index in [4.69, 9.17) is 15.3 Å². The normalized spacial score (nSPS) is 32.6. The van der Waals surface area contributed by atoms with Gasteiger partial charge >= 0.3 is 7.12 Å². The van der Waals surface area contributed by atoms with Gasteiger partial charge in [-0.3, -0.25) is 0 Å². The first-order valence-corrected chi connectivity index (χ1v) is 3.00. The first-order chi connectivity index (χ1) is 4.24. The molecule has 4 heteroatoms. The molecule has 1 fully saturated rings. The van der Waals surface area contributed by atoms with Gasteiger partial charge in [0.2, 0.25) is 0 Å². The maximum absolute atomic E-state index is 8.53. The van der Waals surface area contributed by atoms with E-state index in [0.29, 0.717) is 12.8 Å². The highest BCUT2D eigenvalue weighted by Gasteiger charge is 2.36. The second-order valence-corrected chi connectivity index (χ2v) is 2.47. The molecule has 48 valence electrons. The fraction of sp³-hybridized carbons (Fsp3) is 0.800. The molecule has 1 aliphatic rings. The summed E-state index contributed by atoms with van der Waals surface area (Å²) in [6.07, 6.45) is 1.29. The molecule has 1 saturated carbocycles. The molecule has 0 radical (unpaired) electrons. The summed E-state index contributed by atoms with van der Waals surface area (Å²) < 4.78 is 0. The van der Waals surface area contributed by atoms with Gasteiger partial charge in [-0.15, -0.1) is 0 Å². The summed E-state index contributed by atoms with van der Waals surface area (Å²) in [4.78, 5) is 0. The lowest BCUT2D eigenvalue weighted by molar-refractivity contribution is 0.299. The van der Waals surface area contributed by atoms with E-state index >= 15 is 0 Å². The molecule has 1 rings (SSSR count). The maximum Gasteiger partial charge on any atom is 0.454 e. The zero-order valence-corrected chi connectivity index (χ0v) is 4.99. The van der Waals surface area contributed by atoms with Gasteiger partial charge in [0.15, 0.2) is 0 Å². The van der Waals surface area contributed by atoms with Crippen molar-refractivity contribution >= 4 is 7.12 Å². The second kappa shape index (κ2) is 2.38. The number of nitriles is 1. The predicted molar refractivity (Wildman–Crippen MR) is 32.3 cm³/mol. The van der Waals surface area contributed by atoms with Crippen molar-refractivity contribution in [3.05, 3.63) is 0 Å². The van der Waals surface area contributed by atoms with E-state index in [1.165, 1.54) is 0 Å². The standard InChI is InChI=1S/C5H8BNO2/c7-3-4-1-5(2-4)6(8)9/h4-5,8-9H,1-2H2. The molecular weight excluding hydrogens is 117 g/mol. The van der Waals surface area contributed by atoms with E-state index in [2.05, 4.69) is 6.07 Å². The van der Waals surface area contributed by atoms with Crippen molar-refractivity contribution in [1.82, 2.24) is 0 Å². The van der Waals surface area contributed by atoms with Gasteiger partial charge in [0.25, 0.3) is 0 Å². The Morgan fingerprint density at radius 3 is 2.33 bits per heavy atom. The fourth-order valence-corrected chi connectivity index (χ4v) is 1.01. The topological polar surface area (TPSA) is 64.2 Å². The third-order valence-electron chi connectivity index (χ3n) is 1.78. The Balaban J connectivity index is 2.21. The van der Waals surface area contributed by atoms with Gasteiger partial charge in [0, 0.05) is 5.92 Å². The minimum atomic E-state index is -1.21. The van der Waals surface area contributed by atoms with Gasteiger partial charge in [-0.25, -0.2) is 0 Å². The van der Waals surface area contributed by atoms with Gasteiger partial charge in [0.1, 0.15) is 0 Å². The molecule has 9 heavy (non-hydrogen) atoms. The Morgan fingerprint density at radius 2 is 2.00 bits per heavy atom. The Kier molecular flexibility index (Phi) is 1.74. The minimum absolute atomic E-state index is 0.0466. The van der Waals surface area contributed by atoms with Crippen molar-refractivity contribution in [2.24, 2.45) is 5.92 Å². The van der Waals surface area contributed by atoms with Gasteiger partial charge in [-0.1, -0.05) is 0 Å². The molecule has 0 saturated heterocycles. The van der Waals surface area contributed by atoms with E-state index in [1.807, 2.05) is 0 Å². The lowest BCUT2D eigenvalue weighted by Crippen LogP contribution is -2.31. The molecule has 0 heterocycles. The summed E-state index contributed by atoms with van der Waals surface area (Å²) in [5.74, 6) is 0.0199. The third kappa shape index (κ3) is 1.23. The Labute approximate surface area is 54.1 Å². The summed E-state index contributed by atoms with van der Waals surface area (Å²) in [5, 5.41) is 25.3. The van der Waals surface area contributed by atoms with Crippen LogP contribution in [0.4, 0.5) is 0 Å². The Morgan fingerprint density at radius 1 is 1.44 bits per heavy atom. The number of hydrogen-bond donors (Lipinski definition) is 2. The second-order valence-electron chi connectivity index (χ2n) is 2.47. The van der Waals surface area contributed by atoms with Crippen LogP contribution >= 0.6 is 0 Å². The van der Waals surface area contributed by atoms with Crippen molar-refractivity contribution in [2.45, 2.75) is 18.7 Å². The molecule has 0 amide bonds. The highest BCUT2D eigenvalue weighted by Crippen LogP contribution is 2.38. The molecule has 0 unspecified atom stereocenters. The summed E-state index contributed by atoms with van der Waals surface area (Å²) in [5.41, 5.74) is 0. The van der Waals surface area contributed by atoms with Crippen LogP contribution in [0.5, 0.6) is 0 Å². The first-order valence-electron chi connectivity index (χ1n) is 3.00. The smallest absolute Gasteiger partial charge is 0.427 e. The van der Waals surface area contributed by atoms with E-state index in [0.717, 1.165) is 0 Å². The largest absolute Gasteiger partial charge is 0.454 e. The zero-order valence-electron chi connectivity index (χ0n) is 4.99. The molecular formula is C5H8BNO2. The minimum Gasteiger partial charge on any atom is -0.427 e. The molecule has 2 N–H and O–H groups in total. The molecule has 0 aromatic heterocycles. The van der Waals surface area contributed by atoms with Crippen LogP contribution in [0, 0.1) is 17.2 Å². The van der Waals surface area contributed by atoms with Crippen LogP contribution in [0.1, 0.15) is 12.8 Å². The molecule has 0 spiro atoms. The van der Waals surface area contributed by atoms with Crippen LogP contribution in [0.25, 0.3) is 0 Å². The van der Waals surface area contributed by atoms with Crippen LogP contribution in [0.2, 0.25) is 5.82 Å². The maximum atomic E-state index is 8.53. The molecule has 0 aromatic carbocycles. The molecule has 0 bridgehead atoms. The third-order valence-corrected chi connectivity index (χ3v) is 1.78. The summed E-state index contributed by atoms with van der Waals surface area (Å²) in [7, 11) is -1.21. The van der Waals surface area contributed by atoms with E-state index < -0.39 is 7.12 Å². The van der Waals surface area contributed by atoms with Crippen LogP contribution in [0.3, 0.4) is 0 Å². The molecule has 0 atom stereocenters. The molecule has 0 aromatic rings. The number of rotatable bonds is 1. The quantitative estimate of drug-likeness (QED) is 0.475. The predicted octanol–water partition coefficient (Wildman–Crippen LogP) is -0.237. The van der Waals surface area contributed by atoms with Crippen molar-refractivity contribution in [2.75, 3.05) is 0 Å². The molecule has 3 nitrogen and oxygen atoms in total. The van der Waals surface area contributed by atoms with Crippen LogP contribution in [-0.2, 0) is 0 Å². The molecule has 0 aliphatic heterocycles. The van der Waals surface area contributed by atoms with E-state index in [-0.39, 0.29) is 11.7 Å². The monoisotopic (exact) mass is 125 g/mol. The van der Waals surface area contributed by atoms with Gasteiger partial charge in [0.05, 0.1) is 6.07 Å². The van der Waals surface area contributed by atoms with Crippen molar-refractivity contribution in [3.63, 3.8) is 0 Å². The highest BCUT2D eigenvalue weighted by atomic mass is 16.4. The SMILES string of the molecule is N#CC1CC(B(O)O)C1. The van der Waals surface area contributed by atoms with E-state index in [9.17, 15) is 0 Å². The summed E-state index contributed by atoms with van der Waals surface area (Å²) in [6.45, 7) is 0. The van der Waals surface area contributed by atoms with Crippen molar-refractivity contribution in [1.29, 1.82) is 5.26 Å². The highest BCUT2D eigenvalue weighted by molar-refractivity contribution is 6.43. The van der Waals surface area contributed by atoms with Crippen LogP contribution < -0.4 is 0 Å². The Hall–Kier alpha value is -0.525. The Bertz CT molecular complexity index is 136. The zero-order chi connectivity index (χ0) is 6.85. The van der Waals surface area contributed by atoms with E-state index in [1.54, 1.807) is 0 Å². The van der Waals surface area contributed by atoms with Crippen LogP contribution in [0.15, 0.2) is 0 Å². The van der Waals surface area contributed by atoms with Crippen molar-refractivity contribution in [3.8, 4) is 6.07 Å². The lowest BCUT2D eigenvalue weighted by atomic mass is 9.57. The summed E-state index contributed by atoms with van der Waals surface area (Å²) in [6, 6.07) is 2.06. The lowest BCUT2D eigenvalue weighted by Gasteiger charge is -2.29. The van der Waals surface area contributed by atoms with Gasteiger partial charge in [-0.05, 0) is 18.7 Å². The number of nitrogens with zero attached hydrogens (tertiary/aromatic N) is 1. The van der Waals surface area contributed by atoms with Gasteiger partial charge < -0.3 is 10.0 Å². The van der Waals surface area contributed by atoms with Crippen molar-refractivity contribution < 1.29 is 10.0 Å². The average Bonchev–Trinajstić information content (AvgIpc) is 1.61. The average molecular weight is 125 g/mol. The first kappa shape index (κ1) is 6.59. The van der Waals surface area contributed by atoms with Crippen LogP contribution in [-0.4, -0.2) is 17.2 Å². The molecule has 1 aliphatic carbocycles. The van der Waals surface area contributed by atoms with Gasteiger partial charge in [-0.2, -0.15) is 5.26 Å².